The highest BCUT2D eigenvalue weighted by molar-refractivity contribution is 6.09. The number of hydrogen-bond acceptors (Lipinski definition) is 2. The van der Waals surface area contributed by atoms with Crippen molar-refractivity contribution < 1.29 is 0 Å². The van der Waals surface area contributed by atoms with Crippen LogP contribution in [0.5, 0.6) is 0 Å². The number of aromatic nitrogens is 4. The average Bonchev–Trinajstić information content (AvgIpc) is 3.45. The highest BCUT2D eigenvalue weighted by atomic mass is 15.1. The first kappa shape index (κ1) is 19.4. The van der Waals surface area contributed by atoms with Crippen LogP contribution in [0.25, 0.3) is 66.3 Å². The standard InChI is InChI=1S/C32H20N4/c1-6-14-28-23(9-1)24-10-2-7-15-29(24)35(28)21-17-19-22(20-18-21)36-30-16-8-3-11-25(30)31-32(36)34-27-13-5-4-12-26(27)33-31/h1-20H. The van der Waals surface area contributed by atoms with Crippen molar-refractivity contribution in [3.63, 3.8) is 0 Å². The average molecular weight is 461 g/mol. The van der Waals surface area contributed by atoms with Crippen molar-refractivity contribution in [3.8, 4) is 11.4 Å². The van der Waals surface area contributed by atoms with Gasteiger partial charge in [-0.15, -0.1) is 0 Å². The van der Waals surface area contributed by atoms with E-state index in [1.54, 1.807) is 0 Å². The molecule has 4 heteroatoms. The van der Waals surface area contributed by atoms with Gasteiger partial charge in [0, 0.05) is 27.5 Å². The Morgan fingerprint density at radius 2 is 0.833 bits per heavy atom. The van der Waals surface area contributed by atoms with Gasteiger partial charge in [0.05, 0.1) is 27.6 Å². The molecule has 0 aliphatic carbocycles. The molecule has 0 bridgehead atoms. The minimum Gasteiger partial charge on any atom is -0.309 e. The quantitative estimate of drug-likeness (QED) is 0.264. The molecule has 0 N–H and O–H groups in total. The molecule has 5 aromatic carbocycles. The number of nitrogens with zero attached hydrogens (tertiary/aromatic N) is 4. The molecule has 3 aromatic heterocycles. The van der Waals surface area contributed by atoms with Crippen LogP contribution in [0.1, 0.15) is 0 Å². The topological polar surface area (TPSA) is 35.6 Å². The molecule has 4 nitrogen and oxygen atoms in total. The largest absolute Gasteiger partial charge is 0.309 e. The highest BCUT2D eigenvalue weighted by Crippen LogP contribution is 2.34. The fourth-order valence-corrected chi connectivity index (χ4v) is 5.52. The van der Waals surface area contributed by atoms with E-state index in [0.717, 1.165) is 44.5 Å². The van der Waals surface area contributed by atoms with E-state index in [0.29, 0.717) is 0 Å². The van der Waals surface area contributed by atoms with E-state index in [-0.39, 0.29) is 0 Å². The summed E-state index contributed by atoms with van der Waals surface area (Å²) in [6.45, 7) is 0. The third-order valence-corrected chi connectivity index (χ3v) is 7.11. The van der Waals surface area contributed by atoms with Crippen molar-refractivity contribution in [2.45, 2.75) is 0 Å². The van der Waals surface area contributed by atoms with Crippen molar-refractivity contribution in [1.29, 1.82) is 0 Å². The Morgan fingerprint density at radius 1 is 0.389 bits per heavy atom. The highest BCUT2D eigenvalue weighted by Gasteiger charge is 2.16. The van der Waals surface area contributed by atoms with Gasteiger partial charge in [0.15, 0.2) is 5.65 Å². The molecule has 8 aromatic rings. The zero-order valence-corrected chi connectivity index (χ0v) is 19.3. The number of rotatable bonds is 2. The van der Waals surface area contributed by atoms with Gasteiger partial charge < -0.3 is 4.57 Å². The summed E-state index contributed by atoms with van der Waals surface area (Å²) >= 11 is 0. The molecule has 0 atom stereocenters. The number of fused-ring (bicyclic) bond motifs is 7. The number of hydrogen-bond donors (Lipinski definition) is 0. The van der Waals surface area contributed by atoms with Gasteiger partial charge in [-0.3, -0.25) is 4.57 Å². The Morgan fingerprint density at radius 3 is 1.44 bits per heavy atom. The molecular weight excluding hydrogens is 440 g/mol. The SMILES string of the molecule is c1ccc2nc3c(nc2c1)c1ccccc1n3-c1ccc(-n2c3ccccc3c3ccccc32)cc1. The van der Waals surface area contributed by atoms with Crippen LogP contribution in [0.3, 0.4) is 0 Å². The lowest BCUT2D eigenvalue weighted by Crippen LogP contribution is -1.98. The van der Waals surface area contributed by atoms with Gasteiger partial charge in [0.25, 0.3) is 0 Å². The molecule has 8 rings (SSSR count). The lowest BCUT2D eigenvalue weighted by Gasteiger charge is -2.11. The van der Waals surface area contributed by atoms with Crippen LogP contribution in [0.15, 0.2) is 121 Å². The summed E-state index contributed by atoms with van der Waals surface area (Å²) in [6, 6.07) is 42.4. The van der Waals surface area contributed by atoms with Gasteiger partial charge >= 0.3 is 0 Å². The third-order valence-electron chi connectivity index (χ3n) is 7.11. The first-order valence-corrected chi connectivity index (χ1v) is 12.1. The maximum absolute atomic E-state index is 5.04. The van der Waals surface area contributed by atoms with Crippen molar-refractivity contribution in [2.75, 3.05) is 0 Å². The second-order valence-electron chi connectivity index (χ2n) is 9.12. The van der Waals surface area contributed by atoms with Crippen molar-refractivity contribution in [1.82, 2.24) is 19.1 Å². The Kier molecular flexibility index (Phi) is 3.91. The maximum atomic E-state index is 5.04. The van der Waals surface area contributed by atoms with Crippen molar-refractivity contribution in [3.05, 3.63) is 121 Å². The van der Waals surface area contributed by atoms with Gasteiger partial charge in [-0.25, -0.2) is 9.97 Å². The molecule has 0 saturated carbocycles. The molecule has 0 unspecified atom stereocenters. The molecule has 36 heavy (non-hydrogen) atoms. The smallest absolute Gasteiger partial charge is 0.165 e. The Bertz CT molecular complexity index is 2040. The monoisotopic (exact) mass is 460 g/mol. The van der Waals surface area contributed by atoms with E-state index in [9.17, 15) is 0 Å². The summed E-state index contributed by atoms with van der Waals surface area (Å²) in [5.74, 6) is 0. The van der Waals surface area contributed by atoms with Crippen LogP contribution < -0.4 is 0 Å². The van der Waals surface area contributed by atoms with E-state index >= 15 is 0 Å². The van der Waals surface area contributed by atoms with Gasteiger partial charge in [-0.1, -0.05) is 66.7 Å². The Labute approximate surface area is 206 Å². The number of benzene rings is 5. The van der Waals surface area contributed by atoms with Gasteiger partial charge in [0.1, 0.15) is 5.52 Å². The van der Waals surface area contributed by atoms with Gasteiger partial charge in [0.2, 0.25) is 0 Å². The van der Waals surface area contributed by atoms with Crippen molar-refractivity contribution in [2.24, 2.45) is 0 Å². The van der Waals surface area contributed by atoms with E-state index in [4.69, 9.17) is 9.97 Å². The van der Waals surface area contributed by atoms with Crippen LogP contribution in [0.2, 0.25) is 0 Å². The molecule has 0 radical (unpaired) electrons. The number of para-hydroxylation sites is 5. The summed E-state index contributed by atoms with van der Waals surface area (Å²) in [5.41, 5.74) is 9.33. The maximum Gasteiger partial charge on any atom is 0.165 e. The van der Waals surface area contributed by atoms with Crippen LogP contribution in [-0.4, -0.2) is 19.1 Å². The first-order valence-electron chi connectivity index (χ1n) is 12.1. The van der Waals surface area contributed by atoms with Crippen LogP contribution in [0, 0.1) is 0 Å². The minimum absolute atomic E-state index is 0.875. The fourth-order valence-electron chi connectivity index (χ4n) is 5.52. The molecule has 0 fully saturated rings. The molecule has 3 heterocycles. The second-order valence-corrected chi connectivity index (χ2v) is 9.12. The summed E-state index contributed by atoms with van der Waals surface area (Å²) in [7, 11) is 0. The molecule has 0 saturated heterocycles. The van der Waals surface area contributed by atoms with Gasteiger partial charge in [-0.2, -0.15) is 0 Å². The lowest BCUT2D eigenvalue weighted by atomic mass is 10.2. The predicted molar refractivity (Wildman–Crippen MR) is 148 cm³/mol. The third kappa shape index (κ3) is 2.64. The fraction of sp³-hybridized carbons (Fsp3) is 0. The molecular formula is C32H20N4. The molecule has 0 aliphatic rings. The second kappa shape index (κ2) is 7.27. The van der Waals surface area contributed by atoms with E-state index in [1.165, 1.54) is 21.8 Å². The summed E-state index contributed by atoms with van der Waals surface area (Å²) in [5, 5.41) is 3.64. The normalized spacial score (nSPS) is 11.9. The Hall–Kier alpha value is -4.96. The first-order chi connectivity index (χ1) is 17.9. The van der Waals surface area contributed by atoms with Crippen molar-refractivity contribution >= 4 is 54.9 Å². The minimum atomic E-state index is 0.875. The molecule has 0 spiro atoms. The van der Waals surface area contributed by atoms with Crippen LogP contribution >= 0.6 is 0 Å². The summed E-state index contributed by atoms with van der Waals surface area (Å²) in [4.78, 5) is 10.0. The lowest BCUT2D eigenvalue weighted by molar-refractivity contribution is 1.12. The molecule has 0 amide bonds. The summed E-state index contributed by atoms with van der Waals surface area (Å²) < 4.78 is 4.56. The van der Waals surface area contributed by atoms with Crippen LogP contribution in [-0.2, 0) is 0 Å². The van der Waals surface area contributed by atoms with E-state index in [1.807, 2.05) is 24.3 Å². The zero-order valence-electron chi connectivity index (χ0n) is 19.3. The predicted octanol–water partition coefficient (Wildman–Crippen LogP) is 7.82. The van der Waals surface area contributed by atoms with E-state index in [2.05, 4.69) is 106 Å². The Balaban J connectivity index is 1.37. The van der Waals surface area contributed by atoms with Gasteiger partial charge in [-0.05, 0) is 54.6 Å². The zero-order chi connectivity index (χ0) is 23.6. The molecule has 0 aliphatic heterocycles. The summed E-state index contributed by atoms with van der Waals surface area (Å²) in [6.07, 6.45) is 0. The molecule has 168 valence electrons. The van der Waals surface area contributed by atoms with Crippen LogP contribution in [0.4, 0.5) is 0 Å². The van der Waals surface area contributed by atoms with E-state index < -0.39 is 0 Å².